The fourth-order valence-corrected chi connectivity index (χ4v) is 1.92. The third kappa shape index (κ3) is 2.08. The Morgan fingerprint density at radius 3 is 2.71 bits per heavy atom. The third-order valence-corrected chi connectivity index (χ3v) is 2.64. The molecule has 0 aromatic heterocycles. The van der Waals surface area contributed by atoms with Crippen molar-refractivity contribution in [2.24, 2.45) is 0 Å². The average Bonchev–Trinajstić information content (AvgIpc) is 2.15. The number of benzene rings is 1. The zero-order valence-corrected chi connectivity index (χ0v) is 9.47. The van der Waals surface area contributed by atoms with Crippen LogP contribution in [0, 0.1) is 11.3 Å². The van der Waals surface area contributed by atoms with Crippen molar-refractivity contribution in [3.63, 3.8) is 0 Å². The van der Waals surface area contributed by atoms with E-state index < -0.39 is 5.97 Å². The molecule has 0 unspecified atom stereocenters. The van der Waals surface area contributed by atoms with E-state index in [-0.39, 0.29) is 5.56 Å². The van der Waals surface area contributed by atoms with Crippen LogP contribution in [0.5, 0.6) is 0 Å². The van der Waals surface area contributed by atoms with Crippen LogP contribution in [-0.2, 0) is 5.33 Å². The van der Waals surface area contributed by atoms with E-state index in [1.54, 1.807) is 0 Å². The number of carbonyl (C=O) groups is 1. The van der Waals surface area contributed by atoms with Crippen LogP contribution in [0.2, 0.25) is 0 Å². The zero-order valence-electron chi connectivity index (χ0n) is 6.99. The van der Waals surface area contributed by atoms with Crippen LogP contribution in [0.1, 0.15) is 21.5 Å². The SMILES string of the molecule is N#Cc1cc(S)c(C(=O)O)c(CBr)c1. The highest BCUT2D eigenvalue weighted by Gasteiger charge is 2.14. The number of nitrogens with zero attached hydrogens (tertiary/aromatic N) is 1. The van der Waals surface area contributed by atoms with Crippen molar-refractivity contribution in [3.05, 3.63) is 28.8 Å². The van der Waals surface area contributed by atoms with E-state index in [9.17, 15) is 4.79 Å². The second kappa shape index (κ2) is 4.49. The number of carboxylic acids is 1. The highest BCUT2D eigenvalue weighted by Crippen LogP contribution is 2.22. The summed E-state index contributed by atoms with van der Waals surface area (Å²) in [6.07, 6.45) is 0. The van der Waals surface area contributed by atoms with Gasteiger partial charge in [0.2, 0.25) is 0 Å². The van der Waals surface area contributed by atoms with Crippen LogP contribution in [0.25, 0.3) is 0 Å². The van der Waals surface area contributed by atoms with Crippen molar-refractivity contribution >= 4 is 34.5 Å². The summed E-state index contributed by atoms with van der Waals surface area (Å²) in [5.41, 5.74) is 1.11. The fraction of sp³-hybridized carbons (Fsp3) is 0.111. The van der Waals surface area contributed by atoms with Gasteiger partial charge in [-0.05, 0) is 17.7 Å². The minimum atomic E-state index is -1.03. The van der Waals surface area contributed by atoms with Gasteiger partial charge in [0.15, 0.2) is 0 Å². The first-order chi connectivity index (χ1) is 6.60. The Morgan fingerprint density at radius 2 is 2.29 bits per heavy atom. The molecule has 1 rings (SSSR count). The number of hydrogen-bond acceptors (Lipinski definition) is 3. The largest absolute Gasteiger partial charge is 0.478 e. The second-order valence-corrected chi connectivity index (χ2v) is 3.62. The van der Waals surface area contributed by atoms with Gasteiger partial charge >= 0.3 is 5.97 Å². The quantitative estimate of drug-likeness (QED) is 0.642. The van der Waals surface area contributed by atoms with Gasteiger partial charge in [0.25, 0.3) is 0 Å². The number of halogens is 1. The predicted octanol–water partition coefficient (Wildman–Crippen LogP) is 2.44. The van der Waals surface area contributed by atoms with Crippen molar-refractivity contribution in [2.75, 3.05) is 0 Å². The summed E-state index contributed by atoms with van der Waals surface area (Å²) in [6, 6.07) is 4.93. The van der Waals surface area contributed by atoms with E-state index in [1.165, 1.54) is 12.1 Å². The van der Waals surface area contributed by atoms with Crippen molar-refractivity contribution in [3.8, 4) is 6.07 Å². The van der Waals surface area contributed by atoms with Gasteiger partial charge in [0.05, 0.1) is 17.2 Å². The molecule has 5 heteroatoms. The summed E-state index contributed by atoms with van der Waals surface area (Å²) >= 11 is 7.20. The number of carboxylic acid groups (broad SMARTS) is 1. The Labute approximate surface area is 94.9 Å². The van der Waals surface area contributed by atoms with Crippen molar-refractivity contribution in [1.82, 2.24) is 0 Å². The molecule has 1 aromatic carbocycles. The maximum absolute atomic E-state index is 10.8. The minimum Gasteiger partial charge on any atom is -0.478 e. The molecule has 0 saturated heterocycles. The maximum atomic E-state index is 10.8. The van der Waals surface area contributed by atoms with Crippen LogP contribution < -0.4 is 0 Å². The zero-order chi connectivity index (χ0) is 10.7. The van der Waals surface area contributed by atoms with Gasteiger partial charge in [-0.2, -0.15) is 5.26 Å². The van der Waals surface area contributed by atoms with E-state index >= 15 is 0 Å². The van der Waals surface area contributed by atoms with Gasteiger partial charge in [-0.3, -0.25) is 0 Å². The van der Waals surface area contributed by atoms with Crippen molar-refractivity contribution < 1.29 is 9.90 Å². The number of alkyl halides is 1. The molecule has 0 spiro atoms. The van der Waals surface area contributed by atoms with Gasteiger partial charge in [0, 0.05) is 10.2 Å². The molecule has 0 bridgehead atoms. The Hall–Kier alpha value is -0.990. The van der Waals surface area contributed by atoms with Crippen LogP contribution >= 0.6 is 28.6 Å². The Kier molecular flexibility index (Phi) is 3.55. The topological polar surface area (TPSA) is 61.1 Å². The summed E-state index contributed by atoms with van der Waals surface area (Å²) in [5.74, 6) is -1.03. The smallest absolute Gasteiger partial charge is 0.337 e. The summed E-state index contributed by atoms with van der Waals surface area (Å²) < 4.78 is 0. The third-order valence-electron chi connectivity index (χ3n) is 1.69. The van der Waals surface area contributed by atoms with Crippen LogP contribution in [-0.4, -0.2) is 11.1 Å². The molecule has 0 heterocycles. The molecule has 0 aliphatic rings. The fourth-order valence-electron chi connectivity index (χ4n) is 1.10. The molecule has 3 nitrogen and oxygen atoms in total. The number of hydrogen-bond donors (Lipinski definition) is 2. The lowest BCUT2D eigenvalue weighted by Crippen LogP contribution is -2.03. The molecule has 0 atom stereocenters. The summed E-state index contributed by atoms with van der Waals surface area (Å²) in [4.78, 5) is 11.2. The van der Waals surface area contributed by atoms with Gasteiger partial charge in [-0.15, -0.1) is 12.6 Å². The molecule has 1 N–H and O–H groups in total. The lowest BCUT2D eigenvalue weighted by atomic mass is 10.1. The molecule has 0 radical (unpaired) electrons. The molecular formula is C9H6BrNO2S. The molecule has 0 aliphatic carbocycles. The molecule has 0 aliphatic heterocycles. The van der Waals surface area contributed by atoms with Crippen LogP contribution in [0.4, 0.5) is 0 Å². The van der Waals surface area contributed by atoms with E-state index in [0.29, 0.717) is 21.4 Å². The molecule has 0 fully saturated rings. The number of aromatic carboxylic acids is 1. The van der Waals surface area contributed by atoms with Gasteiger partial charge < -0.3 is 5.11 Å². The van der Waals surface area contributed by atoms with E-state index in [4.69, 9.17) is 10.4 Å². The first kappa shape index (κ1) is 11.1. The maximum Gasteiger partial charge on any atom is 0.337 e. The lowest BCUT2D eigenvalue weighted by molar-refractivity contribution is 0.0692. The predicted molar refractivity (Wildman–Crippen MR) is 58.0 cm³/mol. The first-order valence-corrected chi connectivity index (χ1v) is 5.22. The number of nitriles is 1. The summed E-state index contributed by atoms with van der Waals surface area (Å²) in [5, 5.41) is 17.9. The van der Waals surface area contributed by atoms with E-state index in [2.05, 4.69) is 28.6 Å². The second-order valence-electron chi connectivity index (χ2n) is 2.58. The van der Waals surface area contributed by atoms with Gasteiger partial charge in [-0.1, -0.05) is 15.9 Å². The Morgan fingerprint density at radius 1 is 1.64 bits per heavy atom. The summed E-state index contributed by atoms with van der Waals surface area (Å²) in [7, 11) is 0. The number of rotatable bonds is 2. The van der Waals surface area contributed by atoms with Gasteiger partial charge in [-0.25, -0.2) is 4.79 Å². The van der Waals surface area contributed by atoms with Crippen molar-refractivity contribution in [2.45, 2.75) is 10.2 Å². The Balaban J connectivity index is 3.44. The molecule has 14 heavy (non-hydrogen) atoms. The van der Waals surface area contributed by atoms with Crippen LogP contribution in [0.15, 0.2) is 17.0 Å². The molecule has 1 aromatic rings. The van der Waals surface area contributed by atoms with Gasteiger partial charge in [0.1, 0.15) is 0 Å². The Bertz CT molecular complexity index is 426. The highest BCUT2D eigenvalue weighted by molar-refractivity contribution is 9.08. The summed E-state index contributed by atoms with van der Waals surface area (Å²) in [6.45, 7) is 0. The minimum absolute atomic E-state index is 0.143. The highest BCUT2D eigenvalue weighted by atomic mass is 79.9. The lowest BCUT2D eigenvalue weighted by Gasteiger charge is -2.06. The molecular weight excluding hydrogens is 266 g/mol. The standard InChI is InChI=1S/C9H6BrNO2S/c10-3-6-1-5(4-11)2-7(14)8(6)9(12)13/h1-2,14H,3H2,(H,12,13). The monoisotopic (exact) mass is 271 g/mol. The number of thiol groups is 1. The van der Waals surface area contributed by atoms with E-state index in [0.717, 1.165) is 0 Å². The van der Waals surface area contributed by atoms with E-state index in [1.807, 2.05) is 6.07 Å². The van der Waals surface area contributed by atoms with Crippen molar-refractivity contribution in [1.29, 1.82) is 5.26 Å². The normalized spacial score (nSPS) is 9.50. The average molecular weight is 272 g/mol. The molecule has 0 saturated carbocycles. The molecule has 0 amide bonds. The first-order valence-electron chi connectivity index (χ1n) is 3.65. The van der Waals surface area contributed by atoms with Crippen LogP contribution in [0.3, 0.4) is 0 Å². The molecule has 72 valence electrons.